The molecule has 1 aromatic carbocycles. The van der Waals surface area contributed by atoms with Crippen molar-refractivity contribution in [2.75, 3.05) is 6.54 Å². The third kappa shape index (κ3) is 3.56. The monoisotopic (exact) mass is 299 g/mol. The topological polar surface area (TPSA) is 12.0 Å². The molecule has 112 valence electrons. The van der Waals surface area contributed by atoms with Crippen LogP contribution in [-0.4, -0.2) is 6.54 Å². The van der Waals surface area contributed by atoms with Gasteiger partial charge in [-0.05, 0) is 55.7 Å². The Morgan fingerprint density at radius 3 is 2.62 bits per heavy atom. The van der Waals surface area contributed by atoms with Gasteiger partial charge in [0.2, 0.25) is 0 Å². The Morgan fingerprint density at radius 1 is 1.10 bits per heavy atom. The van der Waals surface area contributed by atoms with E-state index in [1.807, 2.05) is 11.3 Å². The van der Waals surface area contributed by atoms with Crippen molar-refractivity contribution in [1.29, 1.82) is 0 Å². The highest BCUT2D eigenvalue weighted by Crippen LogP contribution is 2.32. The molecule has 0 amide bonds. The normalized spacial score (nSPS) is 17.2. The largest absolute Gasteiger partial charge is 0.309 e. The highest BCUT2D eigenvalue weighted by atomic mass is 32.1. The van der Waals surface area contributed by atoms with Crippen molar-refractivity contribution in [3.8, 4) is 0 Å². The molecular formula is C19H25NS. The Hall–Kier alpha value is -1.12. The Balaban J connectivity index is 1.59. The second-order valence-corrected chi connectivity index (χ2v) is 7.41. The van der Waals surface area contributed by atoms with Crippen LogP contribution in [0.25, 0.3) is 0 Å². The number of aryl methyl sites for hydroxylation is 2. The summed E-state index contributed by atoms with van der Waals surface area (Å²) in [6, 6.07) is 13.7. The Morgan fingerprint density at radius 2 is 1.86 bits per heavy atom. The van der Waals surface area contributed by atoms with Crippen molar-refractivity contribution in [3.05, 3.63) is 57.3 Å². The van der Waals surface area contributed by atoms with E-state index in [0.29, 0.717) is 12.0 Å². The summed E-state index contributed by atoms with van der Waals surface area (Å²) in [4.78, 5) is 3.16. The molecule has 1 nitrogen and oxygen atoms in total. The van der Waals surface area contributed by atoms with E-state index in [0.717, 1.165) is 6.54 Å². The minimum atomic E-state index is 0.465. The van der Waals surface area contributed by atoms with Crippen molar-refractivity contribution in [1.82, 2.24) is 5.32 Å². The van der Waals surface area contributed by atoms with Crippen LogP contribution in [0.15, 0.2) is 36.4 Å². The van der Waals surface area contributed by atoms with Gasteiger partial charge in [0.05, 0.1) is 0 Å². The van der Waals surface area contributed by atoms with E-state index >= 15 is 0 Å². The summed E-state index contributed by atoms with van der Waals surface area (Å²) in [7, 11) is 0. The highest BCUT2D eigenvalue weighted by molar-refractivity contribution is 7.12. The van der Waals surface area contributed by atoms with Crippen LogP contribution in [0, 0.1) is 0 Å². The number of hydrogen-bond acceptors (Lipinski definition) is 2. The minimum absolute atomic E-state index is 0.465. The first-order valence-corrected chi connectivity index (χ1v) is 8.95. The average Bonchev–Trinajstić information content (AvgIpc) is 2.97. The summed E-state index contributed by atoms with van der Waals surface area (Å²) >= 11 is 2.03. The summed E-state index contributed by atoms with van der Waals surface area (Å²) in [6.45, 7) is 5.64. The molecule has 1 aliphatic rings. The molecule has 0 radical (unpaired) electrons. The molecule has 1 aliphatic carbocycles. The van der Waals surface area contributed by atoms with Gasteiger partial charge in [-0.25, -0.2) is 0 Å². The number of fused-ring (bicyclic) bond motifs is 1. The second-order valence-electron chi connectivity index (χ2n) is 6.25. The summed E-state index contributed by atoms with van der Waals surface area (Å²) in [5.74, 6) is 0.559. The molecule has 2 aromatic rings. The van der Waals surface area contributed by atoms with Gasteiger partial charge in [-0.1, -0.05) is 37.3 Å². The molecule has 2 atom stereocenters. The zero-order valence-corrected chi connectivity index (χ0v) is 13.9. The molecule has 0 bridgehead atoms. The molecule has 0 saturated heterocycles. The van der Waals surface area contributed by atoms with Gasteiger partial charge >= 0.3 is 0 Å². The van der Waals surface area contributed by atoms with E-state index < -0.39 is 0 Å². The lowest BCUT2D eigenvalue weighted by molar-refractivity contribution is 0.542. The molecule has 21 heavy (non-hydrogen) atoms. The first kappa shape index (κ1) is 14.8. The molecule has 0 fully saturated rings. The first-order valence-electron chi connectivity index (χ1n) is 8.14. The SMILES string of the molecule is CC(CNC(C)c1cc2c(s1)CCCC2)c1ccccc1. The predicted molar refractivity (Wildman–Crippen MR) is 92.2 cm³/mol. The fraction of sp³-hybridized carbons (Fsp3) is 0.474. The Kier molecular flexibility index (Phi) is 4.77. The molecule has 2 heteroatoms. The predicted octanol–water partition coefficient (Wildman–Crippen LogP) is 5.08. The van der Waals surface area contributed by atoms with Crippen LogP contribution in [0.1, 0.15) is 59.5 Å². The van der Waals surface area contributed by atoms with Crippen molar-refractivity contribution in [2.45, 2.75) is 51.5 Å². The summed E-state index contributed by atoms with van der Waals surface area (Å²) in [5.41, 5.74) is 3.04. The first-order chi connectivity index (χ1) is 10.2. The number of thiophene rings is 1. The molecular weight excluding hydrogens is 274 g/mol. The van der Waals surface area contributed by atoms with E-state index in [-0.39, 0.29) is 0 Å². The van der Waals surface area contributed by atoms with E-state index in [1.165, 1.54) is 36.1 Å². The van der Waals surface area contributed by atoms with E-state index in [9.17, 15) is 0 Å². The third-order valence-corrected chi connectivity index (χ3v) is 5.96. The number of nitrogens with one attached hydrogen (secondary N) is 1. The van der Waals surface area contributed by atoms with Gasteiger partial charge in [0, 0.05) is 22.3 Å². The van der Waals surface area contributed by atoms with Crippen molar-refractivity contribution in [3.63, 3.8) is 0 Å². The lowest BCUT2D eigenvalue weighted by Crippen LogP contribution is -2.23. The molecule has 1 aromatic heterocycles. The molecule has 0 aliphatic heterocycles. The molecule has 1 heterocycles. The molecule has 2 unspecified atom stereocenters. The van der Waals surface area contributed by atoms with Crippen LogP contribution in [0.5, 0.6) is 0 Å². The fourth-order valence-electron chi connectivity index (χ4n) is 3.08. The summed E-state index contributed by atoms with van der Waals surface area (Å²) in [6.07, 6.45) is 5.34. The van der Waals surface area contributed by atoms with Gasteiger partial charge in [-0.2, -0.15) is 0 Å². The maximum atomic E-state index is 3.72. The van der Waals surface area contributed by atoms with Crippen molar-refractivity contribution < 1.29 is 0 Å². The Bertz CT molecular complexity index is 549. The van der Waals surface area contributed by atoms with Crippen LogP contribution in [-0.2, 0) is 12.8 Å². The van der Waals surface area contributed by atoms with Crippen LogP contribution in [0.3, 0.4) is 0 Å². The van der Waals surface area contributed by atoms with Gasteiger partial charge in [-0.3, -0.25) is 0 Å². The molecule has 0 saturated carbocycles. The lowest BCUT2D eigenvalue weighted by Gasteiger charge is -2.17. The van der Waals surface area contributed by atoms with Crippen LogP contribution in [0.4, 0.5) is 0 Å². The standard InChI is InChI=1S/C19H25NS/c1-14(16-8-4-3-5-9-16)13-20-15(2)19-12-17-10-6-7-11-18(17)21-19/h3-5,8-9,12,14-15,20H,6-7,10-11,13H2,1-2H3. The average molecular weight is 299 g/mol. The maximum Gasteiger partial charge on any atom is 0.0386 e. The van der Waals surface area contributed by atoms with Gasteiger partial charge in [-0.15, -0.1) is 11.3 Å². The third-order valence-electron chi connectivity index (χ3n) is 4.54. The van der Waals surface area contributed by atoms with Gasteiger partial charge < -0.3 is 5.32 Å². The van der Waals surface area contributed by atoms with E-state index in [1.54, 1.807) is 10.4 Å². The van der Waals surface area contributed by atoms with Crippen LogP contribution >= 0.6 is 11.3 Å². The van der Waals surface area contributed by atoms with E-state index in [2.05, 4.69) is 55.6 Å². The number of rotatable bonds is 5. The number of benzene rings is 1. The summed E-state index contributed by atoms with van der Waals surface area (Å²) < 4.78 is 0. The quantitative estimate of drug-likeness (QED) is 0.811. The van der Waals surface area contributed by atoms with E-state index in [4.69, 9.17) is 0 Å². The van der Waals surface area contributed by atoms with Gasteiger partial charge in [0.15, 0.2) is 0 Å². The smallest absolute Gasteiger partial charge is 0.0386 e. The summed E-state index contributed by atoms with van der Waals surface area (Å²) in [5, 5.41) is 3.72. The Labute approximate surface area is 132 Å². The zero-order valence-electron chi connectivity index (χ0n) is 13.1. The van der Waals surface area contributed by atoms with Crippen LogP contribution < -0.4 is 5.32 Å². The number of hydrogen-bond donors (Lipinski definition) is 1. The molecule has 0 spiro atoms. The highest BCUT2D eigenvalue weighted by Gasteiger charge is 2.17. The zero-order chi connectivity index (χ0) is 14.7. The second kappa shape index (κ2) is 6.76. The molecule has 1 N–H and O–H groups in total. The van der Waals surface area contributed by atoms with Gasteiger partial charge in [0.1, 0.15) is 0 Å². The molecule has 3 rings (SSSR count). The van der Waals surface area contributed by atoms with Gasteiger partial charge in [0.25, 0.3) is 0 Å². The minimum Gasteiger partial charge on any atom is -0.309 e. The fourth-order valence-corrected chi connectivity index (χ4v) is 4.36. The van der Waals surface area contributed by atoms with Crippen molar-refractivity contribution in [2.24, 2.45) is 0 Å². The van der Waals surface area contributed by atoms with Crippen molar-refractivity contribution >= 4 is 11.3 Å². The lowest BCUT2D eigenvalue weighted by atomic mass is 9.98. The van der Waals surface area contributed by atoms with Crippen LogP contribution in [0.2, 0.25) is 0 Å². The maximum absolute atomic E-state index is 3.72.